The van der Waals surface area contributed by atoms with Crippen LogP contribution in [0, 0.1) is 12.8 Å². The highest BCUT2D eigenvalue weighted by atomic mass is 35.5. The van der Waals surface area contributed by atoms with Gasteiger partial charge in [0.15, 0.2) is 0 Å². The minimum Gasteiger partial charge on any atom is -0.328 e. The summed E-state index contributed by atoms with van der Waals surface area (Å²) in [6.07, 6.45) is 2.76. The van der Waals surface area contributed by atoms with E-state index >= 15 is 0 Å². The van der Waals surface area contributed by atoms with Crippen LogP contribution < -0.4 is 11.1 Å². The topological polar surface area (TPSA) is 55.1 Å². The van der Waals surface area contributed by atoms with Crippen molar-refractivity contribution in [2.45, 2.75) is 46.1 Å². The smallest absolute Gasteiger partial charge is 0.227 e. The molecule has 19 heavy (non-hydrogen) atoms. The third-order valence-corrected chi connectivity index (χ3v) is 3.53. The SMILES string of the molecule is Cc1cccc(Cl)c1NC(=O)C(C)CCCC(C)N. The van der Waals surface area contributed by atoms with Gasteiger partial charge in [-0.15, -0.1) is 0 Å². The molecule has 1 aromatic carbocycles. The quantitative estimate of drug-likeness (QED) is 0.835. The third-order valence-electron chi connectivity index (χ3n) is 3.21. The highest BCUT2D eigenvalue weighted by Gasteiger charge is 2.15. The average Bonchev–Trinajstić information content (AvgIpc) is 2.33. The largest absolute Gasteiger partial charge is 0.328 e. The first kappa shape index (κ1) is 16.0. The zero-order valence-electron chi connectivity index (χ0n) is 11.9. The molecule has 3 nitrogen and oxygen atoms in total. The summed E-state index contributed by atoms with van der Waals surface area (Å²) in [6.45, 7) is 5.85. The van der Waals surface area contributed by atoms with Gasteiger partial charge >= 0.3 is 0 Å². The Hall–Kier alpha value is -1.06. The summed E-state index contributed by atoms with van der Waals surface area (Å²) in [5, 5.41) is 3.49. The summed E-state index contributed by atoms with van der Waals surface area (Å²) in [6, 6.07) is 5.79. The Morgan fingerprint density at radius 2 is 2.05 bits per heavy atom. The number of para-hydroxylation sites is 1. The van der Waals surface area contributed by atoms with Crippen LogP contribution in [-0.4, -0.2) is 11.9 Å². The summed E-state index contributed by atoms with van der Waals surface area (Å²) in [5.41, 5.74) is 7.39. The number of carbonyl (C=O) groups is 1. The van der Waals surface area contributed by atoms with Crippen LogP contribution in [0.1, 0.15) is 38.7 Å². The Balaban J connectivity index is 2.54. The van der Waals surface area contributed by atoms with Crippen LogP contribution in [0.2, 0.25) is 5.02 Å². The molecule has 0 aliphatic carbocycles. The molecule has 0 saturated carbocycles. The van der Waals surface area contributed by atoms with Gasteiger partial charge in [-0.25, -0.2) is 0 Å². The molecule has 1 aromatic rings. The first-order valence-corrected chi connectivity index (χ1v) is 7.11. The number of benzene rings is 1. The Bertz CT molecular complexity index is 412. The summed E-state index contributed by atoms with van der Waals surface area (Å²) in [5.74, 6) is -0.0182. The lowest BCUT2D eigenvalue weighted by Crippen LogP contribution is -2.22. The molecule has 2 atom stereocenters. The number of aryl methyl sites for hydroxylation is 1. The van der Waals surface area contributed by atoms with Crippen molar-refractivity contribution in [3.8, 4) is 0 Å². The first-order chi connectivity index (χ1) is 8.91. The molecule has 3 N–H and O–H groups in total. The van der Waals surface area contributed by atoms with Crippen LogP contribution in [0.5, 0.6) is 0 Å². The van der Waals surface area contributed by atoms with Gasteiger partial charge in [0, 0.05) is 12.0 Å². The van der Waals surface area contributed by atoms with E-state index in [-0.39, 0.29) is 17.9 Å². The molecule has 0 spiro atoms. The monoisotopic (exact) mass is 282 g/mol. The van der Waals surface area contributed by atoms with E-state index < -0.39 is 0 Å². The zero-order valence-corrected chi connectivity index (χ0v) is 12.6. The summed E-state index contributed by atoms with van der Waals surface area (Å²) in [7, 11) is 0. The Morgan fingerprint density at radius 1 is 1.37 bits per heavy atom. The predicted molar refractivity (Wildman–Crippen MR) is 81.5 cm³/mol. The number of amides is 1. The van der Waals surface area contributed by atoms with Crippen molar-refractivity contribution in [1.82, 2.24) is 0 Å². The van der Waals surface area contributed by atoms with Gasteiger partial charge in [0.25, 0.3) is 0 Å². The van der Waals surface area contributed by atoms with E-state index in [4.69, 9.17) is 17.3 Å². The number of hydrogen-bond acceptors (Lipinski definition) is 2. The summed E-state index contributed by atoms with van der Waals surface area (Å²) >= 11 is 6.09. The highest BCUT2D eigenvalue weighted by Crippen LogP contribution is 2.26. The molecule has 2 unspecified atom stereocenters. The highest BCUT2D eigenvalue weighted by molar-refractivity contribution is 6.33. The van der Waals surface area contributed by atoms with E-state index in [2.05, 4.69) is 5.32 Å². The molecule has 0 saturated heterocycles. The number of anilines is 1. The number of nitrogens with two attached hydrogens (primary N) is 1. The first-order valence-electron chi connectivity index (χ1n) is 6.73. The van der Waals surface area contributed by atoms with Crippen molar-refractivity contribution in [3.05, 3.63) is 28.8 Å². The van der Waals surface area contributed by atoms with Gasteiger partial charge < -0.3 is 11.1 Å². The molecule has 0 aliphatic heterocycles. The lowest BCUT2D eigenvalue weighted by molar-refractivity contribution is -0.119. The van der Waals surface area contributed by atoms with Crippen LogP contribution in [0.25, 0.3) is 0 Å². The van der Waals surface area contributed by atoms with E-state index in [1.54, 1.807) is 6.07 Å². The second kappa shape index (κ2) is 7.51. The van der Waals surface area contributed by atoms with Gasteiger partial charge in [0.1, 0.15) is 0 Å². The Morgan fingerprint density at radius 3 is 2.63 bits per heavy atom. The van der Waals surface area contributed by atoms with E-state index in [1.807, 2.05) is 32.9 Å². The van der Waals surface area contributed by atoms with E-state index in [1.165, 1.54) is 0 Å². The van der Waals surface area contributed by atoms with Gasteiger partial charge in [-0.1, -0.05) is 37.1 Å². The molecule has 1 amide bonds. The molecule has 0 bridgehead atoms. The van der Waals surface area contributed by atoms with Crippen LogP contribution in [0.4, 0.5) is 5.69 Å². The van der Waals surface area contributed by atoms with Gasteiger partial charge in [-0.2, -0.15) is 0 Å². The van der Waals surface area contributed by atoms with Crippen molar-refractivity contribution in [3.63, 3.8) is 0 Å². The van der Waals surface area contributed by atoms with Crippen molar-refractivity contribution >= 4 is 23.2 Å². The molecule has 0 fully saturated rings. The van der Waals surface area contributed by atoms with Gasteiger partial charge in [-0.05, 0) is 38.3 Å². The maximum atomic E-state index is 12.1. The van der Waals surface area contributed by atoms with Crippen molar-refractivity contribution in [2.24, 2.45) is 11.7 Å². The number of rotatable bonds is 6. The Labute approximate surface area is 120 Å². The number of hydrogen-bond donors (Lipinski definition) is 2. The van der Waals surface area contributed by atoms with Gasteiger partial charge in [-0.3, -0.25) is 4.79 Å². The Kier molecular flexibility index (Phi) is 6.32. The van der Waals surface area contributed by atoms with E-state index in [0.29, 0.717) is 10.7 Å². The van der Waals surface area contributed by atoms with Crippen molar-refractivity contribution < 1.29 is 4.79 Å². The van der Waals surface area contributed by atoms with Gasteiger partial charge in [0.05, 0.1) is 10.7 Å². The second-order valence-electron chi connectivity index (χ2n) is 5.23. The molecule has 0 radical (unpaired) electrons. The second-order valence-corrected chi connectivity index (χ2v) is 5.64. The fraction of sp³-hybridized carbons (Fsp3) is 0.533. The molecule has 106 valence electrons. The fourth-order valence-corrected chi connectivity index (χ4v) is 2.18. The van der Waals surface area contributed by atoms with Crippen LogP contribution in [0.3, 0.4) is 0 Å². The number of nitrogens with one attached hydrogen (secondary N) is 1. The van der Waals surface area contributed by atoms with Crippen LogP contribution >= 0.6 is 11.6 Å². The van der Waals surface area contributed by atoms with E-state index in [0.717, 1.165) is 24.8 Å². The molecular formula is C15H23ClN2O. The molecule has 0 aromatic heterocycles. The number of carbonyl (C=O) groups excluding carboxylic acids is 1. The normalized spacial score (nSPS) is 13.9. The fourth-order valence-electron chi connectivity index (χ4n) is 1.91. The summed E-state index contributed by atoms with van der Waals surface area (Å²) < 4.78 is 0. The lowest BCUT2D eigenvalue weighted by atomic mass is 10.0. The van der Waals surface area contributed by atoms with Crippen molar-refractivity contribution in [1.29, 1.82) is 0 Å². The molecule has 4 heteroatoms. The lowest BCUT2D eigenvalue weighted by Gasteiger charge is -2.15. The minimum absolute atomic E-state index is 0.0147. The molecule has 0 heterocycles. The number of halogens is 1. The average molecular weight is 283 g/mol. The van der Waals surface area contributed by atoms with Crippen molar-refractivity contribution in [2.75, 3.05) is 5.32 Å². The summed E-state index contributed by atoms with van der Waals surface area (Å²) in [4.78, 5) is 12.1. The zero-order chi connectivity index (χ0) is 14.4. The molecular weight excluding hydrogens is 260 g/mol. The van der Waals surface area contributed by atoms with Crippen LogP contribution in [-0.2, 0) is 4.79 Å². The van der Waals surface area contributed by atoms with Crippen LogP contribution in [0.15, 0.2) is 18.2 Å². The molecule has 1 rings (SSSR count). The maximum absolute atomic E-state index is 12.1. The predicted octanol–water partition coefficient (Wildman–Crippen LogP) is 3.74. The molecule has 0 aliphatic rings. The van der Waals surface area contributed by atoms with Gasteiger partial charge in [0.2, 0.25) is 5.91 Å². The van der Waals surface area contributed by atoms with E-state index in [9.17, 15) is 4.79 Å². The third kappa shape index (κ3) is 5.21. The maximum Gasteiger partial charge on any atom is 0.227 e. The minimum atomic E-state index is -0.0329. The standard InChI is InChI=1S/C15H23ClN2O/c1-10-6-5-9-13(16)14(10)18-15(19)11(2)7-4-8-12(3)17/h5-6,9,11-12H,4,7-8,17H2,1-3H3,(H,18,19).